The number of nitrogens with one attached hydrogen (secondary N) is 1. The van der Waals surface area contributed by atoms with Gasteiger partial charge in [-0.15, -0.1) is 0 Å². The maximum absolute atomic E-state index is 14.5. The fraction of sp³-hybridized carbons (Fsp3) is 0.158. The van der Waals surface area contributed by atoms with E-state index in [1.165, 1.54) is 18.3 Å². The Morgan fingerprint density at radius 2 is 1.72 bits per heavy atom. The van der Waals surface area contributed by atoms with Gasteiger partial charge in [0.2, 0.25) is 0 Å². The number of carboxylic acid groups (broad SMARTS) is 1. The number of aromatic nitrogens is 1. The summed E-state index contributed by atoms with van der Waals surface area (Å²) >= 11 is 0. The van der Waals surface area contributed by atoms with Crippen LogP contribution in [0.2, 0.25) is 0 Å². The van der Waals surface area contributed by atoms with Crippen molar-refractivity contribution in [3.8, 4) is 5.75 Å². The lowest BCUT2D eigenvalue weighted by Crippen LogP contribution is -2.20. The van der Waals surface area contributed by atoms with E-state index in [4.69, 9.17) is 5.11 Å². The highest BCUT2D eigenvalue weighted by atomic mass is 19.4. The number of aromatic hydroxyl groups is 1. The van der Waals surface area contributed by atoms with Crippen molar-refractivity contribution in [1.29, 1.82) is 0 Å². The standard InChI is InChI=1S/C19H14F4N2O4/c1-9-12(8-15(27)28)16-13(6-7-14(26)17(16)20)25(9)18(29)10-2-4-11(5-3-10)24-19(21,22)23/h2-7,24,26H,8H2,1H3,(H,27,28). The number of anilines is 1. The van der Waals surface area contributed by atoms with Gasteiger partial charge in [0.1, 0.15) is 0 Å². The van der Waals surface area contributed by atoms with Crippen LogP contribution in [0.25, 0.3) is 10.9 Å². The number of nitrogens with zero attached hydrogens (tertiary/aromatic N) is 1. The number of hydrogen-bond donors (Lipinski definition) is 3. The average molecular weight is 410 g/mol. The zero-order valence-corrected chi connectivity index (χ0v) is 14.8. The van der Waals surface area contributed by atoms with Crippen molar-refractivity contribution in [2.45, 2.75) is 19.6 Å². The van der Waals surface area contributed by atoms with Gasteiger partial charge in [-0.05, 0) is 48.9 Å². The second kappa shape index (κ2) is 7.12. The van der Waals surface area contributed by atoms with Gasteiger partial charge in [0, 0.05) is 22.3 Å². The first-order valence-electron chi connectivity index (χ1n) is 8.22. The normalized spacial score (nSPS) is 11.6. The van der Waals surface area contributed by atoms with E-state index in [0.29, 0.717) is 0 Å². The summed E-state index contributed by atoms with van der Waals surface area (Å²) in [4.78, 5) is 24.1. The summed E-state index contributed by atoms with van der Waals surface area (Å²) in [5.74, 6) is -3.70. The second-order valence-corrected chi connectivity index (χ2v) is 6.27. The molecule has 0 bridgehead atoms. The van der Waals surface area contributed by atoms with Gasteiger partial charge in [0.05, 0.1) is 11.9 Å². The molecule has 0 amide bonds. The Hall–Kier alpha value is -3.56. The lowest BCUT2D eigenvalue weighted by atomic mass is 10.1. The topological polar surface area (TPSA) is 91.6 Å². The molecule has 6 nitrogen and oxygen atoms in total. The van der Waals surface area contributed by atoms with Crippen LogP contribution in [0.5, 0.6) is 5.75 Å². The van der Waals surface area contributed by atoms with Crippen LogP contribution in [-0.4, -0.2) is 33.0 Å². The summed E-state index contributed by atoms with van der Waals surface area (Å²) in [6.07, 6.45) is -5.22. The largest absolute Gasteiger partial charge is 0.505 e. The SMILES string of the molecule is Cc1c(CC(=O)O)c2c(F)c(O)ccc2n1C(=O)c1ccc(NC(F)(F)F)cc1. The highest BCUT2D eigenvalue weighted by Crippen LogP contribution is 2.33. The van der Waals surface area contributed by atoms with Crippen molar-refractivity contribution in [3.63, 3.8) is 0 Å². The number of carboxylic acids is 1. The molecule has 0 spiro atoms. The Bertz CT molecular complexity index is 1120. The van der Waals surface area contributed by atoms with Crippen LogP contribution in [0.3, 0.4) is 0 Å². The van der Waals surface area contributed by atoms with Crippen molar-refractivity contribution < 1.29 is 37.4 Å². The zero-order valence-electron chi connectivity index (χ0n) is 14.8. The number of aliphatic carboxylic acids is 1. The molecule has 0 unspecified atom stereocenters. The Labute approximate surface area is 161 Å². The summed E-state index contributed by atoms with van der Waals surface area (Å²) < 4.78 is 52.7. The van der Waals surface area contributed by atoms with Gasteiger partial charge in [0.25, 0.3) is 5.91 Å². The zero-order chi connectivity index (χ0) is 21.5. The Morgan fingerprint density at radius 1 is 1.10 bits per heavy atom. The molecule has 1 aromatic heterocycles. The molecule has 0 aliphatic rings. The van der Waals surface area contributed by atoms with Gasteiger partial charge in [-0.25, -0.2) is 4.39 Å². The van der Waals surface area contributed by atoms with Crippen molar-refractivity contribution in [2.24, 2.45) is 0 Å². The molecule has 152 valence electrons. The van der Waals surface area contributed by atoms with Crippen molar-refractivity contribution in [3.05, 3.63) is 59.0 Å². The number of fused-ring (bicyclic) bond motifs is 1. The summed E-state index contributed by atoms with van der Waals surface area (Å²) in [5, 5.41) is 19.9. The van der Waals surface area contributed by atoms with Gasteiger partial charge < -0.3 is 10.2 Å². The molecule has 0 saturated heterocycles. The van der Waals surface area contributed by atoms with E-state index in [1.54, 1.807) is 0 Å². The first-order valence-corrected chi connectivity index (χ1v) is 8.22. The van der Waals surface area contributed by atoms with Crippen molar-refractivity contribution >= 4 is 28.5 Å². The number of carbonyl (C=O) groups excluding carboxylic acids is 1. The van der Waals surface area contributed by atoms with Crippen molar-refractivity contribution in [1.82, 2.24) is 4.57 Å². The molecular weight excluding hydrogens is 396 g/mol. The summed E-state index contributed by atoms with van der Waals surface area (Å²) in [7, 11) is 0. The Kier molecular flexibility index (Phi) is 4.95. The van der Waals surface area contributed by atoms with Gasteiger partial charge in [-0.1, -0.05) is 0 Å². The molecule has 0 atom stereocenters. The van der Waals surface area contributed by atoms with Crippen LogP contribution in [0.15, 0.2) is 36.4 Å². The van der Waals surface area contributed by atoms with E-state index >= 15 is 0 Å². The van der Waals surface area contributed by atoms with Crippen LogP contribution in [0.4, 0.5) is 23.2 Å². The summed E-state index contributed by atoms with van der Waals surface area (Å²) in [5.41, 5.74) is -0.0608. The summed E-state index contributed by atoms with van der Waals surface area (Å²) in [6, 6.07) is 6.74. The maximum Gasteiger partial charge on any atom is 0.482 e. The lowest BCUT2D eigenvalue weighted by molar-refractivity contribution is -0.136. The third-order valence-corrected chi connectivity index (χ3v) is 4.36. The molecule has 0 radical (unpaired) electrons. The molecule has 1 heterocycles. The monoisotopic (exact) mass is 410 g/mol. The second-order valence-electron chi connectivity index (χ2n) is 6.27. The fourth-order valence-electron chi connectivity index (χ4n) is 3.14. The molecule has 0 saturated carbocycles. The first kappa shape index (κ1) is 20.2. The van der Waals surface area contributed by atoms with E-state index < -0.39 is 36.2 Å². The number of alkyl halides is 3. The number of phenolic OH excluding ortho intramolecular Hbond substituents is 1. The van der Waals surface area contributed by atoms with Gasteiger partial charge in [-0.2, -0.15) is 13.2 Å². The molecule has 3 N–H and O–H groups in total. The predicted molar refractivity (Wildman–Crippen MR) is 95.5 cm³/mol. The smallest absolute Gasteiger partial charge is 0.482 e. The average Bonchev–Trinajstić information content (AvgIpc) is 2.89. The van der Waals surface area contributed by atoms with Crippen LogP contribution in [0.1, 0.15) is 21.6 Å². The molecule has 10 heteroatoms. The lowest BCUT2D eigenvalue weighted by Gasteiger charge is -2.11. The van der Waals surface area contributed by atoms with Crippen LogP contribution < -0.4 is 5.32 Å². The fourth-order valence-corrected chi connectivity index (χ4v) is 3.14. The van der Waals surface area contributed by atoms with Crippen LogP contribution >= 0.6 is 0 Å². The number of hydrogen-bond acceptors (Lipinski definition) is 4. The number of rotatable bonds is 4. The third-order valence-electron chi connectivity index (χ3n) is 4.36. The maximum atomic E-state index is 14.5. The van der Waals surface area contributed by atoms with Crippen LogP contribution in [0, 0.1) is 12.7 Å². The molecule has 3 rings (SSSR count). The molecule has 2 aromatic carbocycles. The minimum atomic E-state index is -4.63. The molecular formula is C19H14F4N2O4. The number of benzene rings is 2. The van der Waals surface area contributed by atoms with E-state index in [2.05, 4.69) is 0 Å². The van der Waals surface area contributed by atoms with Crippen LogP contribution in [-0.2, 0) is 11.2 Å². The highest BCUT2D eigenvalue weighted by Gasteiger charge is 2.28. The Balaban J connectivity index is 2.12. The molecule has 3 aromatic rings. The quantitative estimate of drug-likeness (QED) is 0.446. The summed E-state index contributed by atoms with van der Waals surface area (Å²) in [6.45, 7) is 1.42. The van der Waals surface area contributed by atoms with E-state index in [-0.39, 0.29) is 33.4 Å². The first-order chi connectivity index (χ1) is 13.5. The number of carbonyl (C=O) groups is 2. The van der Waals surface area contributed by atoms with E-state index in [9.17, 15) is 32.3 Å². The molecule has 0 aliphatic heterocycles. The molecule has 29 heavy (non-hydrogen) atoms. The van der Waals surface area contributed by atoms with Gasteiger partial charge >= 0.3 is 12.3 Å². The molecule has 0 fully saturated rings. The minimum absolute atomic E-state index is 0.00748. The predicted octanol–water partition coefficient (Wildman–Crippen LogP) is 4.04. The number of halogens is 4. The van der Waals surface area contributed by atoms with E-state index in [0.717, 1.165) is 34.9 Å². The van der Waals surface area contributed by atoms with E-state index in [1.807, 2.05) is 0 Å². The van der Waals surface area contributed by atoms with Crippen molar-refractivity contribution in [2.75, 3.05) is 5.32 Å². The highest BCUT2D eigenvalue weighted by molar-refractivity contribution is 6.05. The number of phenols is 1. The Morgan fingerprint density at radius 3 is 2.28 bits per heavy atom. The molecule has 0 aliphatic carbocycles. The van der Waals surface area contributed by atoms with Gasteiger partial charge in [0.15, 0.2) is 11.6 Å². The minimum Gasteiger partial charge on any atom is -0.505 e. The third kappa shape index (κ3) is 3.86. The van der Waals surface area contributed by atoms with Gasteiger partial charge in [-0.3, -0.25) is 19.5 Å².